The molecule has 0 aliphatic rings. The molecular weight excluding hydrogens is 342 g/mol. The summed E-state index contributed by atoms with van der Waals surface area (Å²) in [6.45, 7) is 2.20. The lowest BCUT2D eigenvalue weighted by Gasteiger charge is -2.06. The van der Waals surface area contributed by atoms with Crippen LogP contribution >= 0.6 is 23.4 Å². The maximum atomic E-state index is 6.10. The second kappa shape index (κ2) is 8.26. The zero-order valence-electron chi connectivity index (χ0n) is 13.4. The predicted octanol–water partition coefficient (Wildman–Crippen LogP) is 4.35. The van der Waals surface area contributed by atoms with Gasteiger partial charge in [0.1, 0.15) is 5.15 Å². The van der Waals surface area contributed by atoms with Crippen LogP contribution in [0.2, 0.25) is 5.15 Å². The summed E-state index contributed by atoms with van der Waals surface area (Å²) in [5.41, 5.74) is 3.26. The Hall–Kier alpha value is -1.92. The Balaban J connectivity index is 1.72. The van der Waals surface area contributed by atoms with Crippen LogP contribution in [0.1, 0.15) is 30.9 Å². The lowest BCUT2D eigenvalue weighted by Crippen LogP contribution is -1.99. The Kier molecular flexibility index (Phi) is 5.82. The number of tetrazole rings is 1. The van der Waals surface area contributed by atoms with Crippen molar-refractivity contribution in [3.05, 3.63) is 58.9 Å². The number of rotatable bonds is 7. The smallest absolute Gasteiger partial charge is 0.214 e. The average Bonchev–Trinajstić information content (AvgIpc) is 3.08. The zero-order chi connectivity index (χ0) is 16.8. The third-order valence-electron chi connectivity index (χ3n) is 3.63. The highest BCUT2D eigenvalue weighted by atomic mass is 35.5. The van der Waals surface area contributed by atoms with Gasteiger partial charge in [0.05, 0.1) is 5.69 Å². The number of thioether (sulfide) groups is 1. The highest BCUT2D eigenvalue weighted by Gasteiger charge is 2.10. The fourth-order valence-electron chi connectivity index (χ4n) is 2.28. The lowest BCUT2D eigenvalue weighted by molar-refractivity contribution is 0.754. The number of aromatic nitrogens is 5. The first kappa shape index (κ1) is 16.9. The number of aryl methyl sites for hydroxylation is 1. The highest BCUT2D eigenvalue weighted by molar-refractivity contribution is 7.98. The number of benzene rings is 1. The average molecular weight is 360 g/mol. The Labute approximate surface area is 150 Å². The van der Waals surface area contributed by atoms with Crippen molar-refractivity contribution < 1.29 is 0 Å². The van der Waals surface area contributed by atoms with Crippen molar-refractivity contribution >= 4 is 23.4 Å². The van der Waals surface area contributed by atoms with Crippen LogP contribution in [0, 0.1) is 0 Å². The summed E-state index contributed by atoms with van der Waals surface area (Å²) >= 11 is 7.63. The Morgan fingerprint density at radius 1 is 1.17 bits per heavy atom. The number of halogens is 1. The van der Waals surface area contributed by atoms with E-state index in [0.29, 0.717) is 10.9 Å². The van der Waals surface area contributed by atoms with E-state index in [9.17, 15) is 0 Å². The molecule has 0 radical (unpaired) electrons. The molecule has 0 aliphatic heterocycles. The molecule has 0 saturated carbocycles. The van der Waals surface area contributed by atoms with Gasteiger partial charge in [-0.3, -0.25) is 0 Å². The SMILES string of the molecule is CCCCc1ccc(-n2nnnc2SCc2cccnc2Cl)cc1. The minimum absolute atomic E-state index is 0.518. The van der Waals surface area contributed by atoms with E-state index in [1.165, 1.54) is 30.2 Å². The minimum Gasteiger partial charge on any atom is -0.244 e. The van der Waals surface area contributed by atoms with Gasteiger partial charge in [-0.1, -0.05) is 54.9 Å². The number of pyridine rings is 1. The molecule has 0 aliphatic carbocycles. The van der Waals surface area contributed by atoms with E-state index in [2.05, 4.69) is 51.7 Å². The van der Waals surface area contributed by atoms with Crippen LogP contribution in [-0.2, 0) is 12.2 Å². The molecule has 24 heavy (non-hydrogen) atoms. The summed E-state index contributed by atoms with van der Waals surface area (Å²) in [6, 6.07) is 12.2. The Morgan fingerprint density at radius 3 is 2.75 bits per heavy atom. The first-order valence-corrected chi connectivity index (χ1v) is 9.24. The summed E-state index contributed by atoms with van der Waals surface area (Å²) in [5.74, 6) is 0.668. The molecule has 124 valence electrons. The van der Waals surface area contributed by atoms with Crippen molar-refractivity contribution in [2.24, 2.45) is 0 Å². The first-order valence-electron chi connectivity index (χ1n) is 7.88. The van der Waals surface area contributed by atoms with E-state index in [4.69, 9.17) is 11.6 Å². The third-order valence-corrected chi connectivity index (χ3v) is 4.94. The van der Waals surface area contributed by atoms with Crippen LogP contribution in [0.25, 0.3) is 5.69 Å². The molecule has 2 heterocycles. The van der Waals surface area contributed by atoms with Crippen molar-refractivity contribution in [2.45, 2.75) is 37.1 Å². The largest absolute Gasteiger partial charge is 0.244 e. The molecule has 3 rings (SSSR count). The van der Waals surface area contributed by atoms with E-state index in [1.807, 2.05) is 12.1 Å². The van der Waals surface area contributed by atoms with E-state index < -0.39 is 0 Å². The van der Waals surface area contributed by atoms with Gasteiger partial charge in [-0.2, -0.15) is 4.68 Å². The molecule has 1 aromatic carbocycles. The summed E-state index contributed by atoms with van der Waals surface area (Å²) in [6.07, 6.45) is 5.19. The van der Waals surface area contributed by atoms with Gasteiger partial charge in [-0.05, 0) is 52.6 Å². The normalized spacial score (nSPS) is 10.9. The molecule has 0 unspecified atom stereocenters. The molecule has 0 atom stereocenters. The van der Waals surface area contributed by atoms with Crippen molar-refractivity contribution in [3.63, 3.8) is 0 Å². The van der Waals surface area contributed by atoms with E-state index >= 15 is 0 Å². The minimum atomic E-state index is 0.518. The quantitative estimate of drug-likeness (QED) is 0.463. The van der Waals surface area contributed by atoms with Gasteiger partial charge >= 0.3 is 0 Å². The maximum absolute atomic E-state index is 6.10. The van der Waals surface area contributed by atoms with Gasteiger partial charge in [0, 0.05) is 11.9 Å². The topological polar surface area (TPSA) is 56.5 Å². The molecule has 3 aromatic rings. The van der Waals surface area contributed by atoms with Crippen molar-refractivity contribution in [2.75, 3.05) is 0 Å². The van der Waals surface area contributed by atoms with Crippen LogP contribution in [0.5, 0.6) is 0 Å². The van der Waals surface area contributed by atoms with Crippen molar-refractivity contribution in [1.82, 2.24) is 25.2 Å². The lowest BCUT2D eigenvalue weighted by atomic mass is 10.1. The standard InChI is InChI=1S/C17H18ClN5S/c1-2-3-5-13-7-9-15(10-8-13)23-17(20-21-22-23)24-12-14-6-4-11-19-16(14)18/h4,6-11H,2-3,5,12H2,1H3. The van der Waals surface area contributed by atoms with Gasteiger partial charge in [-0.25, -0.2) is 4.98 Å². The fraction of sp³-hybridized carbons (Fsp3) is 0.294. The number of nitrogens with zero attached hydrogens (tertiary/aromatic N) is 5. The Bertz CT molecular complexity index is 788. The second-order valence-corrected chi connectivity index (χ2v) is 6.69. The maximum Gasteiger partial charge on any atom is 0.214 e. The molecule has 0 fully saturated rings. The predicted molar refractivity (Wildman–Crippen MR) is 96.6 cm³/mol. The van der Waals surface area contributed by atoms with Gasteiger partial charge in [0.15, 0.2) is 0 Å². The number of unbranched alkanes of at least 4 members (excludes halogenated alkanes) is 1. The van der Waals surface area contributed by atoms with E-state index in [0.717, 1.165) is 22.8 Å². The molecule has 5 nitrogen and oxygen atoms in total. The number of hydrogen-bond donors (Lipinski definition) is 0. The van der Waals surface area contributed by atoms with Crippen LogP contribution in [0.3, 0.4) is 0 Å². The molecular formula is C17H18ClN5S. The second-order valence-electron chi connectivity index (χ2n) is 5.39. The summed E-state index contributed by atoms with van der Waals surface area (Å²) < 4.78 is 1.75. The van der Waals surface area contributed by atoms with Crippen LogP contribution in [0.4, 0.5) is 0 Å². The Morgan fingerprint density at radius 2 is 2.00 bits per heavy atom. The van der Waals surface area contributed by atoms with Crippen molar-refractivity contribution in [1.29, 1.82) is 0 Å². The van der Waals surface area contributed by atoms with E-state index in [-0.39, 0.29) is 0 Å². The van der Waals surface area contributed by atoms with Crippen LogP contribution in [-0.4, -0.2) is 25.2 Å². The monoisotopic (exact) mass is 359 g/mol. The highest BCUT2D eigenvalue weighted by Crippen LogP contribution is 2.25. The van der Waals surface area contributed by atoms with Crippen LogP contribution < -0.4 is 0 Å². The molecule has 0 saturated heterocycles. The summed E-state index contributed by atoms with van der Waals surface area (Å²) in [7, 11) is 0. The molecule has 0 N–H and O–H groups in total. The third kappa shape index (κ3) is 4.13. The molecule has 0 amide bonds. The number of hydrogen-bond acceptors (Lipinski definition) is 5. The molecule has 0 bridgehead atoms. The molecule has 0 spiro atoms. The van der Waals surface area contributed by atoms with Gasteiger partial charge < -0.3 is 0 Å². The van der Waals surface area contributed by atoms with Crippen LogP contribution in [0.15, 0.2) is 47.8 Å². The molecule has 7 heteroatoms. The fourth-order valence-corrected chi connectivity index (χ4v) is 3.43. The van der Waals surface area contributed by atoms with E-state index in [1.54, 1.807) is 10.9 Å². The molecule has 2 aromatic heterocycles. The zero-order valence-corrected chi connectivity index (χ0v) is 15.0. The van der Waals surface area contributed by atoms with Crippen molar-refractivity contribution in [3.8, 4) is 5.69 Å². The van der Waals surface area contributed by atoms with Gasteiger partial charge in [-0.15, -0.1) is 5.10 Å². The summed E-state index contributed by atoms with van der Waals surface area (Å²) in [5, 5.41) is 13.3. The summed E-state index contributed by atoms with van der Waals surface area (Å²) in [4.78, 5) is 4.09. The first-order chi connectivity index (χ1) is 11.8. The van der Waals surface area contributed by atoms with Gasteiger partial charge in [0.2, 0.25) is 5.16 Å². The van der Waals surface area contributed by atoms with Gasteiger partial charge in [0.25, 0.3) is 0 Å².